The van der Waals surface area contributed by atoms with Crippen LogP contribution in [0.15, 0.2) is 0 Å². The molecule has 3 aliphatic rings. The minimum atomic E-state index is 0.819. The molecule has 14 heavy (non-hydrogen) atoms. The zero-order valence-electron chi connectivity index (χ0n) is 9.21. The normalized spacial score (nSPS) is 43.1. The topological polar surface area (TPSA) is 15.3 Å². The average Bonchev–Trinajstić information content (AvgIpc) is 2.71. The number of nitrogens with zero attached hydrogens (tertiary/aromatic N) is 1. The molecule has 2 saturated carbocycles. The van der Waals surface area contributed by atoms with Gasteiger partial charge in [0.25, 0.3) is 0 Å². The third-order valence-corrected chi connectivity index (χ3v) is 4.59. The zero-order valence-corrected chi connectivity index (χ0v) is 9.21. The molecule has 1 saturated heterocycles. The Hall–Kier alpha value is -0.0800. The molecule has 3 fully saturated rings. The van der Waals surface area contributed by atoms with Crippen LogP contribution in [0, 0.1) is 11.8 Å². The van der Waals surface area contributed by atoms with Gasteiger partial charge in [-0.2, -0.15) is 0 Å². The Morgan fingerprint density at radius 1 is 1.21 bits per heavy atom. The van der Waals surface area contributed by atoms with Crippen LogP contribution < -0.4 is 5.32 Å². The molecule has 1 aliphatic heterocycles. The van der Waals surface area contributed by atoms with Gasteiger partial charge in [-0.15, -0.1) is 0 Å². The summed E-state index contributed by atoms with van der Waals surface area (Å²) in [7, 11) is 0. The van der Waals surface area contributed by atoms with E-state index in [2.05, 4.69) is 17.1 Å². The first-order valence-electron chi connectivity index (χ1n) is 6.33. The van der Waals surface area contributed by atoms with Crippen LogP contribution in [0.5, 0.6) is 0 Å². The van der Waals surface area contributed by atoms with Gasteiger partial charge < -0.3 is 10.2 Å². The average molecular weight is 194 g/mol. The summed E-state index contributed by atoms with van der Waals surface area (Å²) in [5.41, 5.74) is 0. The van der Waals surface area contributed by atoms with E-state index in [-0.39, 0.29) is 0 Å². The summed E-state index contributed by atoms with van der Waals surface area (Å²) < 4.78 is 0. The van der Waals surface area contributed by atoms with Gasteiger partial charge in [0.1, 0.15) is 0 Å². The first kappa shape index (κ1) is 9.17. The fourth-order valence-electron chi connectivity index (χ4n) is 3.69. The van der Waals surface area contributed by atoms with Crippen molar-refractivity contribution in [3.8, 4) is 0 Å². The lowest BCUT2D eigenvalue weighted by Gasteiger charge is -2.41. The van der Waals surface area contributed by atoms with Crippen molar-refractivity contribution in [1.82, 2.24) is 10.2 Å². The number of likely N-dealkylation sites (tertiary alicyclic amines) is 1. The van der Waals surface area contributed by atoms with Gasteiger partial charge in [0.2, 0.25) is 0 Å². The van der Waals surface area contributed by atoms with E-state index < -0.39 is 0 Å². The van der Waals surface area contributed by atoms with Crippen molar-refractivity contribution in [3.05, 3.63) is 0 Å². The van der Waals surface area contributed by atoms with Crippen LogP contribution >= 0.6 is 0 Å². The van der Waals surface area contributed by atoms with Crippen molar-refractivity contribution in [2.75, 3.05) is 19.6 Å². The summed E-state index contributed by atoms with van der Waals surface area (Å²) in [4.78, 5) is 2.52. The van der Waals surface area contributed by atoms with E-state index in [9.17, 15) is 0 Å². The van der Waals surface area contributed by atoms with Gasteiger partial charge in [-0.05, 0) is 37.6 Å². The number of hydrogen-bond donors (Lipinski definition) is 1. The van der Waals surface area contributed by atoms with Crippen LogP contribution in [0.1, 0.15) is 32.6 Å². The molecule has 0 aromatic heterocycles. The highest BCUT2D eigenvalue weighted by molar-refractivity contribution is 4.97. The van der Waals surface area contributed by atoms with E-state index in [1.54, 1.807) is 0 Å². The third kappa shape index (κ3) is 1.49. The Bertz CT molecular complexity index is 210. The Balaban J connectivity index is 1.46. The largest absolute Gasteiger partial charge is 0.308 e. The molecule has 0 spiro atoms. The molecule has 0 aromatic rings. The predicted molar refractivity (Wildman–Crippen MR) is 58.3 cm³/mol. The standard InChI is InChI=1S/C12H22N2/c1-2-14-7-11(8-14)13-12-6-9-3-4-10(12)5-9/h9-13H,2-8H2,1H3. The fourth-order valence-corrected chi connectivity index (χ4v) is 3.69. The minimum Gasteiger partial charge on any atom is -0.308 e. The summed E-state index contributed by atoms with van der Waals surface area (Å²) in [6.07, 6.45) is 6.04. The lowest BCUT2D eigenvalue weighted by atomic mass is 9.94. The second-order valence-electron chi connectivity index (χ2n) is 5.50. The Labute approximate surface area is 87.0 Å². The highest BCUT2D eigenvalue weighted by Crippen LogP contribution is 2.44. The number of hydrogen-bond acceptors (Lipinski definition) is 2. The molecule has 3 atom stereocenters. The molecule has 3 unspecified atom stereocenters. The molecule has 2 nitrogen and oxygen atoms in total. The highest BCUT2D eigenvalue weighted by Gasteiger charge is 2.41. The van der Waals surface area contributed by atoms with Crippen LogP contribution in [-0.2, 0) is 0 Å². The van der Waals surface area contributed by atoms with E-state index in [4.69, 9.17) is 0 Å². The molecule has 0 amide bonds. The summed E-state index contributed by atoms with van der Waals surface area (Å²) in [5, 5.41) is 3.87. The van der Waals surface area contributed by atoms with Crippen molar-refractivity contribution in [1.29, 1.82) is 0 Å². The maximum Gasteiger partial charge on any atom is 0.0325 e. The van der Waals surface area contributed by atoms with Crippen molar-refractivity contribution in [2.24, 2.45) is 11.8 Å². The second-order valence-corrected chi connectivity index (χ2v) is 5.50. The number of fused-ring (bicyclic) bond motifs is 2. The highest BCUT2D eigenvalue weighted by atomic mass is 15.2. The SMILES string of the molecule is CCN1CC(NC2CC3CCC2C3)C1. The molecular formula is C12H22N2. The maximum atomic E-state index is 3.87. The van der Waals surface area contributed by atoms with Gasteiger partial charge in [-0.25, -0.2) is 0 Å². The molecule has 1 N–H and O–H groups in total. The molecule has 2 bridgehead atoms. The number of rotatable bonds is 3. The van der Waals surface area contributed by atoms with Crippen LogP contribution in [0.2, 0.25) is 0 Å². The van der Waals surface area contributed by atoms with Gasteiger partial charge in [0, 0.05) is 25.2 Å². The second kappa shape index (κ2) is 3.49. The monoisotopic (exact) mass is 194 g/mol. The minimum absolute atomic E-state index is 0.819. The molecule has 1 heterocycles. The Kier molecular flexibility index (Phi) is 2.29. The molecule has 2 aliphatic carbocycles. The molecule has 80 valence electrons. The first-order valence-corrected chi connectivity index (χ1v) is 6.33. The molecule has 2 heteroatoms. The molecule has 0 radical (unpaired) electrons. The van der Waals surface area contributed by atoms with Crippen LogP contribution in [0.3, 0.4) is 0 Å². The smallest absolute Gasteiger partial charge is 0.0325 e. The van der Waals surface area contributed by atoms with Crippen LogP contribution in [0.4, 0.5) is 0 Å². The number of likely N-dealkylation sites (N-methyl/N-ethyl adjacent to an activating group) is 1. The molecule has 3 rings (SSSR count). The van der Waals surface area contributed by atoms with Crippen molar-refractivity contribution in [2.45, 2.75) is 44.7 Å². The Morgan fingerprint density at radius 3 is 2.64 bits per heavy atom. The van der Waals surface area contributed by atoms with Gasteiger partial charge in [-0.1, -0.05) is 13.3 Å². The van der Waals surface area contributed by atoms with Gasteiger partial charge in [-0.3, -0.25) is 0 Å². The summed E-state index contributed by atoms with van der Waals surface area (Å²) in [6.45, 7) is 6.08. The van der Waals surface area contributed by atoms with Gasteiger partial charge in [0.05, 0.1) is 0 Å². The van der Waals surface area contributed by atoms with Crippen LogP contribution in [-0.4, -0.2) is 36.6 Å². The van der Waals surface area contributed by atoms with Crippen LogP contribution in [0.25, 0.3) is 0 Å². The summed E-state index contributed by atoms with van der Waals surface area (Å²) >= 11 is 0. The molecular weight excluding hydrogens is 172 g/mol. The quantitative estimate of drug-likeness (QED) is 0.732. The Morgan fingerprint density at radius 2 is 2.07 bits per heavy atom. The van der Waals surface area contributed by atoms with Gasteiger partial charge in [0.15, 0.2) is 0 Å². The predicted octanol–water partition coefficient (Wildman–Crippen LogP) is 1.47. The van der Waals surface area contributed by atoms with Crippen molar-refractivity contribution in [3.63, 3.8) is 0 Å². The van der Waals surface area contributed by atoms with Crippen molar-refractivity contribution < 1.29 is 0 Å². The zero-order chi connectivity index (χ0) is 9.54. The molecule has 0 aromatic carbocycles. The van der Waals surface area contributed by atoms with E-state index in [0.717, 1.165) is 23.9 Å². The van der Waals surface area contributed by atoms with E-state index in [0.29, 0.717) is 0 Å². The summed E-state index contributed by atoms with van der Waals surface area (Å²) in [5.74, 6) is 2.12. The van der Waals surface area contributed by atoms with E-state index in [1.807, 2.05) is 0 Å². The van der Waals surface area contributed by atoms with Gasteiger partial charge >= 0.3 is 0 Å². The third-order valence-electron chi connectivity index (χ3n) is 4.59. The lowest BCUT2D eigenvalue weighted by molar-refractivity contribution is 0.116. The first-order chi connectivity index (χ1) is 6.85. The maximum absolute atomic E-state index is 3.87. The van der Waals surface area contributed by atoms with Crippen molar-refractivity contribution >= 4 is 0 Å². The fraction of sp³-hybridized carbons (Fsp3) is 1.00. The number of nitrogens with one attached hydrogen (secondary N) is 1. The lowest BCUT2D eigenvalue weighted by Crippen LogP contribution is -2.60. The summed E-state index contributed by atoms with van der Waals surface area (Å²) in [6, 6.07) is 1.71. The van der Waals surface area contributed by atoms with E-state index in [1.165, 1.54) is 45.3 Å². The van der Waals surface area contributed by atoms with E-state index >= 15 is 0 Å².